The number of hydrogen-bond donors (Lipinski definition) is 0. The molecular formula is C7H12N2. The number of hydrogen-bond acceptors (Lipinski definition) is 2. The maximum atomic E-state index is 4.00. The van der Waals surface area contributed by atoms with Crippen molar-refractivity contribution in [3.05, 3.63) is 12.3 Å². The van der Waals surface area contributed by atoms with Crippen molar-refractivity contribution in [3.63, 3.8) is 0 Å². The van der Waals surface area contributed by atoms with Crippen molar-refractivity contribution in [2.45, 2.75) is 19.9 Å². The molecule has 1 aliphatic rings. The molecule has 1 atom stereocenters. The van der Waals surface area contributed by atoms with E-state index in [9.17, 15) is 0 Å². The van der Waals surface area contributed by atoms with Crippen LogP contribution in [0.15, 0.2) is 17.3 Å². The van der Waals surface area contributed by atoms with Crippen LogP contribution in [-0.2, 0) is 0 Å². The van der Waals surface area contributed by atoms with Gasteiger partial charge in [-0.15, -0.1) is 0 Å². The second-order valence-electron chi connectivity index (χ2n) is 2.18. The lowest BCUT2D eigenvalue weighted by Crippen LogP contribution is -2.31. The van der Waals surface area contributed by atoms with Crippen molar-refractivity contribution in [3.8, 4) is 0 Å². The van der Waals surface area contributed by atoms with Gasteiger partial charge in [-0.3, -0.25) is 0 Å². The average Bonchev–Trinajstić information content (AvgIpc) is 1.89. The van der Waals surface area contributed by atoms with E-state index in [1.165, 1.54) is 0 Å². The lowest BCUT2D eigenvalue weighted by atomic mass is 10.3. The summed E-state index contributed by atoms with van der Waals surface area (Å²) in [4.78, 5) is 6.18. The molecule has 1 rings (SSSR count). The normalized spacial score (nSPS) is 25.1. The largest absolute Gasteiger partial charge is 0.357 e. The van der Waals surface area contributed by atoms with E-state index >= 15 is 0 Å². The Hall–Kier alpha value is -0.790. The molecule has 0 saturated carbocycles. The quantitative estimate of drug-likeness (QED) is 0.513. The highest BCUT2D eigenvalue weighted by atomic mass is 15.2. The van der Waals surface area contributed by atoms with E-state index in [0.717, 1.165) is 6.54 Å². The molecule has 0 saturated heterocycles. The van der Waals surface area contributed by atoms with E-state index in [1.807, 2.05) is 12.5 Å². The summed E-state index contributed by atoms with van der Waals surface area (Å²) in [5.74, 6) is 0. The Kier molecular flexibility index (Phi) is 1.88. The Morgan fingerprint density at radius 2 is 2.44 bits per heavy atom. The minimum atomic E-state index is 0.521. The highest BCUT2D eigenvalue weighted by molar-refractivity contribution is 5.58. The van der Waals surface area contributed by atoms with Crippen LogP contribution in [0.25, 0.3) is 0 Å². The van der Waals surface area contributed by atoms with Gasteiger partial charge in [-0.25, -0.2) is 4.99 Å². The predicted octanol–water partition coefficient (Wildman–Crippen LogP) is 1.25. The first-order valence-electron chi connectivity index (χ1n) is 3.30. The maximum Gasteiger partial charge on any atom is 0.0909 e. The summed E-state index contributed by atoms with van der Waals surface area (Å²) in [6.45, 7) is 5.32. The van der Waals surface area contributed by atoms with Crippen LogP contribution in [0.2, 0.25) is 0 Å². The van der Waals surface area contributed by atoms with Crippen LogP contribution in [0.5, 0.6) is 0 Å². The van der Waals surface area contributed by atoms with Crippen molar-refractivity contribution < 1.29 is 0 Å². The SMILES string of the molecule is CCN1C=NC=CC1C. The van der Waals surface area contributed by atoms with E-state index in [0.29, 0.717) is 6.04 Å². The van der Waals surface area contributed by atoms with Crippen molar-refractivity contribution in [1.29, 1.82) is 0 Å². The van der Waals surface area contributed by atoms with Gasteiger partial charge in [0.25, 0.3) is 0 Å². The zero-order valence-electron chi connectivity index (χ0n) is 5.91. The van der Waals surface area contributed by atoms with Crippen molar-refractivity contribution in [1.82, 2.24) is 4.90 Å². The van der Waals surface area contributed by atoms with E-state index in [1.54, 1.807) is 0 Å². The minimum Gasteiger partial charge on any atom is -0.357 e. The molecule has 1 aliphatic heterocycles. The lowest BCUT2D eigenvalue weighted by Gasteiger charge is -2.24. The second kappa shape index (κ2) is 2.67. The first-order valence-corrected chi connectivity index (χ1v) is 3.30. The van der Waals surface area contributed by atoms with Gasteiger partial charge in [-0.05, 0) is 19.9 Å². The van der Waals surface area contributed by atoms with Gasteiger partial charge in [0.05, 0.1) is 6.34 Å². The molecule has 0 aromatic carbocycles. The van der Waals surface area contributed by atoms with Crippen molar-refractivity contribution in [2.24, 2.45) is 4.99 Å². The Balaban J connectivity index is 2.55. The third-order valence-electron chi connectivity index (χ3n) is 1.55. The number of aliphatic imine (C=N–C) groups is 1. The van der Waals surface area contributed by atoms with Gasteiger partial charge in [0, 0.05) is 18.8 Å². The summed E-state index contributed by atoms with van der Waals surface area (Å²) in [5, 5.41) is 0. The molecular weight excluding hydrogens is 112 g/mol. The van der Waals surface area contributed by atoms with E-state index in [4.69, 9.17) is 0 Å². The lowest BCUT2D eigenvalue weighted by molar-refractivity contribution is 0.403. The maximum absolute atomic E-state index is 4.00. The number of likely N-dealkylation sites (N-methyl/N-ethyl adjacent to an activating group) is 1. The van der Waals surface area contributed by atoms with Gasteiger partial charge in [0.2, 0.25) is 0 Å². The first kappa shape index (κ1) is 6.33. The van der Waals surface area contributed by atoms with Crippen LogP contribution in [0.4, 0.5) is 0 Å². The molecule has 0 bridgehead atoms. The zero-order chi connectivity index (χ0) is 6.69. The molecule has 0 N–H and O–H groups in total. The molecule has 1 unspecified atom stereocenters. The fraction of sp³-hybridized carbons (Fsp3) is 0.571. The van der Waals surface area contributed by atoms with E-state index < -0.39 is 0 Å². The monoisotopic (exact) mass is 124 g/mol. The molecule has 9 heavy (non-hydrogen) atoms. The van der Waals surface area contributed by atoms with Crippen LogP contribution < -0.4 is 0 Å². The summed E-state index contributed by atoms with van der Waals surface area (Å²) < 4.78 is 0. The third kappa shape index (κ3) is 1.31. The molecule has 0 aliphatic carbocycles. The standard InChI is InChI=1S/C7H12N2/c1-3-9-6-8-5-4-7(9)2/h4-7H,3H2,1-2H3. The fourth-order valence-electron chi connectivity index (χ4n) is 0.884. The van der Waals surface area contributed by atoms with Crippen LogP contribution in [0, 0.1) is 0 Å². The van der Waals surface area contributed by atoms with Crippen LogP contribution in [0.1, 0.15) is 13.8 Å². The summed E-state index contributed by atoms with van der Waals surface area (Å²) in [6, 6.07) is 0.521. The van der Waals surface area contributed by atoms with Crippen molar-refractivity contribution in [2.75, 3.05) is 6.54 Å². The molecule has 0 amide bonds. The molecule has 2 nitrogen and oxygen atoms in total. The van der Waals surface area contributed by atoms with Gasteiger partial charge < -0.3 is 4.90 Å². The fourth-order valence-corrected chi connectivity index (χ4v) is 0.884. The summed E-state index contributed by atoms with van der Waals surface area (Å²) in [6.07, 6.45) is 5.81. The van der Waals surface area contributed by atoms with Gasteiger partial charge in [-0.1, -0.05) is 0 Å². The second-order valence-corrected chi connectivity index (χ2v) is 2.18. The Bertz CT molecular complexity index is 138. The summed E-state index contributed by atoms with van der Waals surface area (Å²) in [7, 11) is 0. The molecule has 0 aromatic rings. The number of rotatable bonds is 1. The minimum absolute atomic E-state index is 0.521. The Morgan fingerprint density at radius 1 is 1.67 bits per heavy atom. The Morgan fingerprint density at radius 3 is 2.89 bits per heavy atom. The van der Waals surface area contributed by atoms with Gasteiger partial charge in [-0.2, -0.15) is 0 Å². The molecule has 2 heteroatoms. The van der Waals surface area contributed by atoms with Gasteiger partial charge in [0.15, 0.2) is 0 Å². The molecule has 0 spiro atoms. The molecule has 0 radical (unpaired) electrons. The average molecular weight is 124 g/mol. The highest BCUT2D eigenvalue weighted by Gasteiger charge is 2.05. The first-order chi connectivity index (χ1) is 4.34. The summed E-state index contributed by atoms with van der Waals surface area (Å²) >= 11 is 0. The molecule has 0 fully saturated rings. The van der Waals surface area contributed by atoms with Crippen LogP contribution in [-0.4, -0.2) is 23.8 Å². The highest BCUT2D eigenvalue weighted by Crippen LogP contribution is 2.01. The smallest absolute Gasteiger partial charge is 0.0909 e. The molecule has 0 aromatic heterocycles. The molecule has 1 heterocycles. The number of nitrogens with zero attached hydrogens (tertiary/aromatic N) is 2. The third-order valence-corrected chi connectivity index (χ3v) is 1.55. The van der Waals surface area contributed by atoms with Crippen LogP contribution >= 0.6 is 0 Å². The van der Waals surface area contributed by atoms with Crippen molar-refractivity contribution >= 4 is 6.34 Å². The topological polar surface area (TPSA) is 15.6 Å². The van der Waals surface area contributed by atoms with Gasteiger partial charge in [0.1, 0.15) is 0 Å². The van der Waals surface area contributed by atoms with Crippen LogP contribution in [0.3, 0.4) is 0 Å². The zero-order valence-corrected chi connectivity index (χ0v) is 5.91. The molecule has 50 valence electrons. The van der Waals surface area contributed by atoms with E-state index in [2.05, 4.69) is 29.8 Å². The predicted molar refractivity (Wildman–Crippen MR) is 39.5 cm³/mol. The van der Waals surface area contributed by atoms with E-state index in [-0.39, 0.29) is 0 Å². The summed E-state index contributed by atoms with van der Waals surface area (Å²) in [5.41, 5.74) is 0. The Labute approximate surface area is 55.9 Å². The van der Waals surface area contributed by atoms with Gasteiger partial charge >= 0.3 is 0 Å².